The lowest BCUT2D eigenvalue weighted by Crippen LogP contribution is -2.19. The largest absolute Gasteiger partial charge is 0.463 e. The summed E-state index contributed by atoms with van der Waals surface area (Å²) in [6.07, 6.45) is 1.33. The summed E-state index contributed by atoms with van der Waals surface area (Å²) in [5.74, 6) is -0.635. The van der Waals surface area contributed by atoms with Crippen LogP contribution in [0.15, 0.2) is 16.7 Å². The predicted octanol–water partition coefficient (Wildman–Crippen LogP) is 2.41. The molecule has 8 heteroatoms. The number of ether oxygens (including phenoxy) is 1. The fraction of sp³-hybridized carbons (Fsp3) is 0.500. The van der Waals surface area contributed by atoms with Crippen molar-refractivity contribution in [2.24, 2.45) is 0 Å². The summed E-state index contributed by atoms with van der Waals surface area (Å²) < 4.78 is 44.9. The van der Waals surface area contributed by atoms with E-state index in [9.17, 15) is 18.0 Å². The molecule has 0 fully saturated rings. The van der Waals surface area contributed by atoms with Crippen molar-refractivity contribution in [2.75, 3.05) is 19.4 Å². The molecule has 1 N–H and O–H groups in total. The number of esters is 1. The Hall–Kier alpha value is -1.15. The van der Waals surface area contributed by atoms with Crippen molar-refractivity contribution in [3.63, 3.8) is 0 Å². The van der Waals surface area contributed by atoms with Gasteiger partial charge in [0.1, 0.15) is 0 Å². The number of hydrogen-bond acceptors (Lipinski definition) is 5. The Morgan fingerprint density at radius 1 is 1.56 bits per heavy atom. The smallest absolute Gasteiger partial charge is 0.441 e. The topological polar surface area (TPSA) is 51.5 Å². The van der Waals surface area contributed by atoms with Crippen LogP contribution in [0.1, 0.15) is 16.1 Å². The van der Waals surface area contributed by atoms with Crippen LogP contribution >= 0.6 is 11.8 Å². The summed E-state index contributed by atoms with van der Waals surface area (Å²) in [7, 11) is 1.22. The number of methoxy groups -OCH3 is 1. The Morgan fingerprint density at radius 2 is 2.28 bits per heavy atom. The van der Waals surface area contributed by atoms with Crippen LogP contribution in [0.2, 0.25) is 0 Å². The van der Waals surface area contributed by atoms with Gasteiger partial charge in [0.2, 0.25) is 5.76 Å². The van der Waals surface area contributed by atoms with Gasteiger partial charge in [-0.05, 0) is 17.8 Å². The van der Waals surface area contributed by atoms with E-state index in [1.165, 1.54) is 13.4 Å². The average molecular weight is 283 g/mol. The highest BCUT2D eigenvalue weighted by atomic mass is 32.2. The number of carbonyl (C=O) groups excluding carboxylic acids is 1. The lowest BCUT2D eigenvalue weighted by atomic mass is 10.2. The summed E-state index contributed by atoms with van der Waals surface area (Å²) in [4.78, 5) is 11.2. The van der Waals surface area contributed by atoms with E-state index in [0.717, 1.165) is 0 Å². The Labute approximate surface area is 106 Å². The van der Waals surface area contributed by atoms with Gasteiger partial charge < -0.3 is 14.5 Å². The highest BCUT2D eigenvalue weighted by molar-refractivity contribution is 8.00. The van der Waals surface area contributed by atoms with Crippen LogP contribution in [0.4, 0.5) is 13.2 Å². The average Bonchev–Trinajstić information content (AvgIpc) is 2.74. The molecule has 0 bridgehead atoms. The third-order valence-corrected chi connectivity index (χ3v) is 2.71. The fourth-order valence-electron chi connectivity index (χ4n) is 1.21. The van der Waals surface area contributed by atoms with Crippen LogP contribution in [0.3, 0.4) is 0 Å². The van der Waals surface area contributed by atoms with Gasteiger partial charge in [-0.3, -0.25) is 0 Å². The van der Waals surface area contributed by atoms with E-state index in [4.69, 9.17) is 4.42 Å². The fourth-order valence-corrected chi connectivity index (χ4v) is 1.69. The number of nitrogens with one attached hydrogen (secondary N) is 1. The summed E-state index contributed by atoms with van der Waals surface area (Å²) >= 11 is -0.0918. The normalized spacial score (nSPS) is 11.6. The van der Waals surface area contributed by atoms with Crippen LogP contribution in [0, 0.1) is 0 Å². The maximum absolute atomic E-state index is 11.8. The molecule has 0 spiro atoms. The SMILES string of the molecule is COC(=O)c1occc1CNCCSC(F)(F)F. The third-order valence-electron chi connectivity index (χ3n) is 1.98. The second-order valence-electron chi connectivity index (χ2n) is 3.24. The van der Waals surface area contributed by atoms with E-state index < -0.39 is 11.5 Å². The Balaban J connectivity index is 2.32. The molecule has 0 aliphatic rings. The zero-order valence-electron chi connectivity index (χ0n) is 9.54. The van der Waals surface area contributed by atoms with Crippen LogP contribution in [0.5, 0.6) is 0 Å². The number of carbonyl (C=O) groups is 1. The highest BCUT2D eigenvalue weighted by Gasteiger charge is 2.27. The molecule has 0 saturated carbocycles. The molecule has 102 valence electrons. The Bertz CT molecular complexity index is 392. The van der Waals surface area contributed by atoms with E-state index in [0.29, 0.717) is 5.56 Å². The second kappa shape index (κ2) is 6.69. The molecular weight excluding hydrogens is 271 g/mol. The Morgan fingerprint density at radius 3 is 2.89 bits per heavy atom. The number of furan rings is 1. The minimum atomic E-state index is -4.21. The standard InChI is InChI=1S/C10H12F3NO3S/c1-16-9(15)8-7(2-4-17-8)6-14-3-5-18-10(11,12)13/h2,4,14H,3,5-6H2,1H3. The molecule has 1 heterocycles. The van der Waals surface area contributed by atoms with Gasteiger partial charge in [0.15, 0.2) is 0 Å². The van der Waals surface area contributed by atoms with Gasteiger partial charge in [0.25, 0.3) is 0 Å². The minimum absolute atomic E-state index is 0.0634. The first-order valence-electron chi connectivity index (χ1n) is 5.00. The molecule has 4 nitrogen and oxygen atoms in total. The van der Waals surface area contributed by atoms with E-state index in [2.05, 4.69) is 10.1 Å². The number of thioether (sulfide) groups is 1. The zero-order chi connectivity index (χ0) is 13.6. The van der Waals surface area contributed by atoms with Crippen molar-refractivity contribution in [3.05, 3.63) is 23.7 Å². The summed E-state index contributed by atoms with van der Waals surface area (Å²) in [5.41, 5.74) is -3.66. The quantitative estimate of drug-likeness (QED) is 0.642. The molecule has 1 aromatic heterocycles. The van der Waals surface area contributed by atoms with Gasteiger partial charge in [-0.1, -0.05) is 0 Å². The summed E-state index contributed by atoms with van der Waals surface area (Å²) in [5, 5.41) is 2.79. The summed E-state index contributed by atoms with van der Waals surface area (Å²) in [6.45, 7) is 0.426. The van der Waals surface area contributed by atoms with E-state index >= 15 is 0 Å². The number of rotatable bonds is 6. The van der Waals surface area contributed by atoms with Crippen LogP contribution in [-0.2, 0) is 11.3 Å². The Kier molecular flexibility index (Phi) is 5.54. The molecular formula is C10H12F3NO3S. The number of alkyl halides is 3. The van der Waals surface area contributed by atoms with Crippen LogP contribution in [0.25, 0.3) is 0 Å². The molecule has 0 amide bonds. The summed E-state index contributed by atoms with van der Waals surface area (Å²) in [6, 6.07) is 1.57. The third kappa shape index (κ3) is 5.01. The van der Waals surface area contributed by atoms with Crippen molar-refractivity contribution in [1.82, 2.24) is 5.32 Å². The molecule has 0 saturated heterocycles. The van der Waals surface area contributed by atoms with Crippen LogP contribution < -0.4 is 5.32 Å². The van der Waals surface area contributed by atoms with Gasteiger partial charge in [-0.25, -0.2) is 4.79 Å². The van der Waals surface area contributed by atoms with Gasteiger partial charge >= 0.3 is 11.5 Å². The molecule has 0 aromatic carbocycles. The van der Waals surface area contributed by atoms with Crippen LogP contribution in [-0.4, -0.2) is 30.9 Å². The number of halogens is 3. The van der Waals surface area contributed by atoms with Crippen molar-refractivity contribution in [2.45, 2.75) is 12.1 Å². The molecule has 1 rings (SSSR count). The molecule has 18 heavy (non-hydrogen) atoms. The van der Waals surface area contributed by atoms with Crippen molar-refractivity contribution >= 4 is 17.7 Å². The van der Waals surface area contributed by atoms with Gasteiger partial charge in [-0.2, -0.15) is 13.2 Å². The van der Waals surface area contributed by atoms with E-state index in [-0.39, 0.29) is 36.4 Å². The van der Waals surface area contributed by atoms with Gasteiger partial charge in [0, 0.05) is 24.4 Å². The zero-order valence-corrected chi connectivity index (χ0v) is 10.4. The second-order valence-corrected chi connectivity index (χ2v) is 4.40. The van der Waals surface area contributed by atoms with Crippen molar-refractivity contribution in [1.29, 1.82) is 0 Å². The molecule has 0 radical (unpaired) electrons. The van der Waals surface area contributed by atoms with Crippen molar-refractivity contribution < 1.29 is 27.1 Å². The first-order chi connectivity index (χ1) is 8.44. The first kappa shape index (κ1) is 14.9. The van der Waals surface area contributed by atoms with Gasteiger partial charge in [-0.15, -0.1) is 0 Å². The lowest BCUT2D eigenvalue weighted by Gasteiger charge is -2.06. The van der Waals surface area contributed by atoms with E-state index in [1.807, 2.05) is 0 Å². The maximum Gasteiger partial charge on any atom is 0.441 e. The molecule has 1 aromatic rings. The highest BCUT2D eigenvalue weighted by Crippen LogP contribution is 2.29. The number of hydrogen-bond donors (Lipinski definition) is 1. The molecule has 0 aliphatic heterocycles. The minimum Gasteiger partial charge on any atom is -0.463 e. The van der Waals surface area contributed by atoms with Gasteiger partial charge in [0.05, 0.1) is 13.4 Å². The predicted molar refractivity (Wildman–Crippen MR) is 60.3 cm³/mol. The monoisotopic (exact) mass is 283 g/mol. The molecule has 0 unspecified atom stereocenters. The van der Waals surface area contributed by atoms with Crippen molar-refractivity contribution in [3.8, 4) is 0 Å². The first-order valence-corrected chi connectivity index (χ1v) is 5.98. The molecule has 0 atom stereocenters. The lowest BCUT2D eigenvalue weighted by molar-refractivity contribution is -0.0327. The van der Waals surface area contributed by atoms with E-state index in [1.54, 1.807) is 6.07 Å². The molecule has 0 aliphatic carbocycles. The maximum atomic E-state index is 11.8.